The third kappa shape index (κ3) is 3.41. The van der Waals surface area contributed by atoms with E-state index in [0.717, 1.165) is 11.4 Å². The molecule has 0 fully saturated rings. The van der Waals surface area contributed by atoms with Gasteiger partial charge in [-0.3, -0.25) is 14.5 Å². The van der Waals surface area contributed by atoms with Crippen molar-refractivity contribution in [3.05, 3.63) is 59.9 Å². The smallest absolute Gasteiger partial charge is 0.258 e. The zero-order chi connectivity index (χ0) is 21.4. The first kappa shape index (κ1) is 19.6. The number of nitrogens with zero attached hydrogens (tertiary/aromatic N) is 3. The second-order valence-electron chi connectivity index (χ2n) is 7.36. The highest BCUT2D eigenvalue weighted by Gasteiger charge is 2.30. The summed E-state index contributed by atoms with van der Waals surface area (Å²) >= 11 is 0. The predicted octanol–water partition coefficient (Wildman–Crippen LogP) is 4.06. The average Bonchev–Trinajstić information content (AvgIpc) is 3.27. The van der Waals surface area contributed by atoms with Gasteiger partial charge >= 0.3 is 0 Å². The molecule has 8 heteroatoms. The van der Waals surface area contributed by atoms with Gasteiger partial charge in [0.25, 0.3) is 5.91 Å². The van der Waals surface area contributed by atoms with E-state index in [4.69, 9.17) is 4.74 Å². The van der Waals surface area contributed by atoms with E-state index in [-0.39, 0.29) is 17.4 Å². The first-order valence-corrected chi connectivity index (χ1v) is 9.53. The molecule has 1 amide bonds. The lowest BCUT2D eigenvalue weighted by Gasteiger charge is -2.16. The molecule has 0 saturated heterocycles. The van der Waals surface area contributed by atoms with Gasteiger partial charge in [0.05, 0.1) is 47.7 Å². The van der Waals surface area contributed by atoms with E-state index in [9.17, 15) is 9.18 Å². The average molecular weight is 407 g/mol. The van der Waals surface area contributed by atoms with E-state index in [1.54, 1.807) is 35.3 Å². The number of rotatable bonds is 5. The van der Waals surface area contributed by atoms with Crippen LogP contribution in [0.5, 0.6) is 5.75 Å². The number of benzene rings is 1. The van der Waals surface area contributed by atoms with Crippen LogP contribution in [0, 0.1) is 11.7 Å². The largest absolute Gasteiger partial charge is 0.496 e. The number of aromatic nitrogens is 3. The summed E-state index contributed by atoms with van der Waals surface area (Å²) in [5, 5.41) is 10.3. The number of hydrogen-bond donors (Lipinski definition) is 2. The van der Waals surface area contributed by atoms with Crippen molar-refractivity contribution in [3.63, 3.8) is 0 Å². The molecule has 0 radical (unpaired) electrons. The number of anilines is 2. The minimum Gasteiger partial charge on any atom is -0.496 e. The minimum absolute atomic E-state index is 0.0246. The first-order chi connectivity index (χ1) is 14.4. The number of carbonyl (C=O) groups is 1. The molecule has 1 aliphatic rings. The number of methoxy groups -OCH3 is 1. The van der Waals surface area contributed by atoms with Crippen molar-refractivity contribution in [2.24, 2.45) is 13.0 Å². The number of amides is 1. The Morgan fingerprint density at radius 1 is 1.30 bits per heavy atom. The topological polar surface area (TPSA) is 81.1 Å². The van der Waals surface area contributed by atoms with Crippen LogP contribution in [-0.4, -0.2) is 27.8 Å². The number of allylic oxidation sites excluding steroid dienone is 1. The van der Waals surface area contributed by atoms with Crippen LogP contribution in [0.3, 0.4) is 0 Å². The van der Waals surface area contributed by atoms with Crippen LogP contribution in [0.1, 0.15) is 19.4 Å². The summed E-state index contributed by atoms with van der Waals surface area (Å²) < 4.78 is 21.6. The number of ether oxygens (including phenoxy) is 1. The van der Waals surface area contributed by atoms with Crippen molar-refractivity contribution in [1.29, 1.82) is 0 Å². The van der Waals surface area contributed by atoms with Gasteiger partial charge in [-0.05, 0) is 24.1 Å². The van der Waals surface area contributed by atoms with Crippen molar-refractivity contribution in [2.45, 2.75) is 13.8 Å². The van der Waals surface area contributed by atoms with Crippen molar-refractivity contribution in [3.8, 4) is 17.0 Å². The number of hydrogen-bond acceptors (Lipinski definition) is 5. The Hall–Kier alpha value is -3.68. The number of nitrogens with one attached hydrogen (secondary N) is 2. The highest BCUT2D eigenvalue weighted by molar-refractivity contribution is 6.32. The molecule has 0 saturated carbocycles. The molecule has 154 valence electrons. The molecule has 2 N–H and O–H groups in total. The zero-order valence-electron chi connectivity index (χ0n) is 17.2. The molecule has 0 bridgehead atoms. The Morgan fingerprint density at radius 3 is 2.77 bits per heavy atom. The van der Waals surface area contributed by atoms with Gasteiger partial charge in [-0.2, -0.15) is 5.10 Å². The molecule has 0 aliphatic carbocycles. The Balaban J connectivity index is 1.87. The van der Waals surface area contributed by atoms with Gasteiger partial charge in [0.15, 0.2) is 0 Å². The molecule has 0 unspecified atom stereocenters. The van der Waals surface area contributed by atoms with Crippen molar-refractivity contribution >= 4 is 22.9 Å². The summed E-state index contributed by atoms with van der Waals surface area (Å²) in [6, 6.07) is 6.33. The number of aryl methyl sites for hydroxylation is 1. The Kier molecular flexibility index (Phi) is 4.99. The summed E-state index contributed by atoms with van der Waals surface area (Å²) in [4.78, 5) is 17.2. The quantitative estimate of drug-likeness (QED) is 0.624. The van der Waals surface area contributed by atoms with E-state index >= 15 is 0 Å². The van der Waals surface area contributed by atoms with Gasteiger partial charge in [0.2, 0.25) is 0 Å². The SMILES string of the molecule is COc1cccc(F)c1-c1cc2c(cn1)NC(=O)/C2=C(\Nc1cnn(C)c1)C(C)C. The van der Waals surface area contributed by atoms with Crippen LogP contribution in [0.4, 0.5) is 15.8 Å². The molecular weight excluding hydrogens is 385 g/mol. The Morgan fingerprint density at radius 2 is 2.10 bits per heavy atom. The maximum absolute atomic E-state index is 14.6. The van der Waals surface area contributed by atoms with E-state index in [1.165, 1.54) is 13.2 Å². The number of fused-ring (bicyclic) bond motifs is 1. The number of halogens is 1. The molecule has 1 aromatic carbocycles. The van der Waals surface area contributed by atoms with Gasteiger partial charge < -0.3 is 15.4 Å². The maximum Gasteiger partial charge on any atom is 0.258 e. The highest BCUT2D eigenvalue weighted by Crippen LogP contribution is 2.39. The summed E-state index contributed by atoms with van der Waals surface area (Å²) in [6.07, 6.45) is 5.07. The van der Waals surface area contributed by atoms with E-state index in [1.807, 2.05) is 27.1 Å². The molecule has 0 spiro atoms. The second-order valence-corrected chi connectivity index (χ2v) is 7.36. The third-order valence-corrected chi connectivity index (χ3v) is 4.93. The summed E-state index contributed by atoms with van der Waals surface area (Å²) in [7, 11) is 3.31. The summed E-state index contributed by atoms with van der Waals surface area (Å²) in [5.41, 5.74) is 3.92. The van der Waals surface area contributed by atoms with Gasteiger partial charge in [-0.1, -0.05) is 19.9 Å². The van der Waals surface area contributed by atoms with E-state index in [0.29, 0.717) is 28.3 Å². The molecular formula is C22H22FN5O2. The molecule has 7 nitrogen and oxygen atoms in total. The Bertz CT molecular complexity index is 1170. The van der Waals surface area contributed by atoms with Gasteiger partial charge in [-0.15, -0.1) is 0 Å². The summed E-state index contributed by atoms with van der Waals surface area (Å²) in [6.45, 7) is 4.00. The maximum atomic E-state index is 14.6. The van der Waals surface area contributed by atoms with Crippen molar-refractivity contribution in [1.82, 2.24) is 14.8 Å². The van der Waals surface area contributed by atoms with E-state index < -0.39 is 5.82 Å². The normalized spacial score (nSPS) is 14.5. The molecule has 3 heterocycles. The van der Waals surface area contributed by atoms with Crippen LogP contribution in [-0.2, 0) is 11.8 Å². The number of carbonyl (C=O) groups excluding carboxylic acids is 1. The fourth-order valence-corrected chi connectivity index (χ4v) is 3.53. The minimum atomic E-state index is -0.442. The third-order valence-electron chi connectivity index (χ3n) is 4.93. The fraction of sp³-hybridized carbons (Fsp3) is 0.227. The van der Waals surface area contributed by atoms with Crippen molar-refractivity contribution in [2.75, 3.05) is 17.7 Å². The van der Waals surface area contributed by atoms with Gasteiger partial charge in [0, 0.05) is 24.5 Å². The van der Waals surface area contributed by atoms with Gasteiger partial charge in [-0.25, -0.2) is 4.39 Å². The Labute approximate surface area is 173 Å². The molecule has 30 heavy (non-hydrogen) atoms. The molecule has 1 aliphatic heterocycles. The van der Waals surface area contributed by atoms with Crippen LogP contribution in [0.25, 0.3) is 16.8 Å². The number of pyridine rings is 1. The van der Waals surface area contributed by atoms with E-state index in [2.05, 4.69) is 20.7 Å². The fourth-order valence-electron chi connectivity index (χ4n) is 3.53. The zero-order valence-corrected chi connectivity index (χ0v) is 17.2. The molecule has 2 aromatic heterocycles. The monoisotopic (exact) mass is 407 g/mol. The predicted molar refractivity (Wildman–Crippen MR) is 113 cm³/mol. The van der Waals surface area contributed by atoms with Crippen LogP contribution in [0.15, 0.2) is 48.6 Å². The first-order valence-electron chi connectivity index (χ1n) is 9.53. The lowest BCUT2D eigenvalue weighted by Crippen LogP contribution is -2.14. The molecule has 3 aromatic rings. The standard InChI is InChI=1S/C22H22FN5O2/c1-12(2)21(26-13-9-25-28(3)11-13)19-14-8-16(24-10-17(14)27-22(19)29)20-15(23)6-5-7-18(20)30-4/h5-12,26H,1-4H3,(H,27,29)/b21-19-. The lowest BCUT2D eigenvalue weighted by atomic mass is 9.97. The molecule has 0 atom stereocenters. The second kappa shape index (κ2) is 7.62. The van der Waals surface area contributed by atoms with Crippen molar-refractivity contribution < 1.29 is 13.9 Å². The summed E-state index contributed by atoms with van der Waals surface area (Å²) in [5.74, 6) is -0.272. The van der Waals surface area contributed by atoms with Crippen LogP contribution < -0.4 is 15.4 Å². The van der Waals surface area contributed by atoms with Crippen LogP contribution in [0.2, 0.25) is 0 Å². The highest BCUT2D eigenvalue weighted by atomic mass is 19.1. The van der Waals surface area contributed by atoms with Crippen LogP contribution >= 0.6 is 0 Å². The van der Waals surface area contributed by atoms with Gasteiger partial charge in [0.1, 0.15) is 11.6 Å². The lowest BCUT2D eigenvalue weighted by molar-refractivity contribution is -0.110. The molecule has 4 rings (SSSR count).